The van der Waals surface area contributed by atoms with Gasteiger partial charge >= 0.3 is 0 Å². The molecule has 0 heterocycles. The van der Waals surface area contributed by atoms with E-state index in [0.29, 0.717) is 15.8 Å². The molecule has 0 aliphatic rings. The minimum Gasteiger partial charge on any atom is -0.484 e. The number of carbonyl (C=O) groups excluding carboxylic acids is 1. The molecule has 0 saturated heterocycles. The fourth-order valence-electron chi connectivity index (χ4n) is 1.48. The Bertz CT molecular complexity index is 614. The number of ether oxygens (including phenoxy) is 1. The number of Topliss-reactive ketones (excluding diaryl/α,β-unsaturated/α-hetero) is 1. The minimum atomic E-state index is -0.463. The van der Waals surface area contributed by atoms with Crippen LogP contribution in [0.2, 0.25) is 10.0 Å². The van der Waals surface area contributed by atoms with Crippen molar-refractivity contribution in [2.45, 2.75) is 0 Å². The summed E-state index contributed by atoms with van der Waals surface area (Å²) >= 11 is 11.6. The highest BCUT2D eigenvalue weighted by molar-refractivity contribution is 6.35. The molecule has 2 aromatic rings. The molecule has 0 bridgehead atoms. The Hall–Kier alpha value is -1.58. The molecule has 0 saturated carbocycles. The van der Waals surface area contributed by atoms with Gasteiger partial charge in [-0.2, -0.15) is 0 Å². The Morgan fingerprint density at radius 1 is 1.16 bits per heavy atom. The molecule has 98 valence electrons. The van der Waals surface area contributed by atoms with Crippen LogP contribution in [0.3, 0.4) is 0 Å². The molecule has 0 aromatic heterocycles. The van der Waals surface area contributed by atoms with E-state index in [1.54, 1.807) is 12.1 Å². The highest BCUT2D eigenvalue weighted by Gasteiger charge is 2.09. The summed E-state index contributed by atoms with van der Waals surface area (Å²) < 4.78 is 18.3. The number of halogens is 3. The van der Waals surface area contributed by atoms with E-state index in [2.05, 4.69) is 0 Å². The molecule has 0 aliphatic carbocycles. The molecule has 0 amide bonds. The molecular formula is C14H9Cl2FO2. The molecule has 19 heavy (non-hydrogen) atoms. The standard InChI is InChI=1S/C14H9Cl2FO2/c15-10-4-5-14(12(16)7-10)19-8-13(18)9-2-1-3-11(17)6-9/h1-7H,8H2. The molecule has 0 unspecified atom stereocenters. The summed E-state index contributed by atoms with van der Waals surface area (Å²) in [6, 6.07) is 10.1. The SMILES string of the molecule is O=C(COc1ccc(Cl)cc1Cl)c1cccc(F)c1. The predicted molar refractivity (Wildman–Crippen MR) is 72.7 cm³/mol. The molecule has 2 nitrogen and oxygen atoms in total. The first-order valence-electron chi connectivity index (χ1n) is 5.43. The first kappa shape index (κ1) is 13.8. The fraction of sp³-hybridized carbons (Fsp3) is 0.0714. The van der Waals surface area contributed by atoms with Crippen molar-refractivity contribution in [3.05, 3.63) is 63.9 Å². The topological polar surface area (TPSA) is 26.3 Å². The molecule has 0 spiro atoms. The number of hydrogen-bond donors (Lipinski definition) is 0. The van der Waals surface area contributed by atoms with E-state index >= 15 is 0 Å². The Kier molecular flexibility index (Phi) is 4.40. The van der Waals surface area contributed by atoms with Gasteiger partial charge in [0, 0.05) is 10.6 Å². The maximum absolute atomic E-state index is 13.0. The van der Waals surface area contributed by atoms with E-state index in [1.165, 1.54) is 24.3 Å². The molecule has 2 rings (SSSR count). The van der Waals surface area contributed by atoms with Crippen molar-refractivity contribution in [3.63, 3.8) is 0 Å². The summed E-state index contributed by atoms with van der Waals surface area (Å²) in [5.74, 6) is -0.434. The normalized spacial score (nSPS) is 10.3. The van der Waals surface area contributed by atoms with Crippen molar-refractivity contribution < 1.29 is 13.9 Å². The average molecular weight is 299 g/mol. The lowest BCUT2D eigenvalue weighted by Crippen LogP contribution is -2.11. The average Bonchev–Trinajstić information content (AvgIpc) is 2.37. The second kappa shape index (κ2) is 6.04. The molecule has 0 fully saturated rings. The van der Waals surface area contributed by atoms with Crippen LogP contribution in [-0.4, -0.2) is 12.4 Å². The number of ketones is 1. The van der Waals surface area contributed by atoms with Gasteiger partial charge in [-0.25, -0.2) is 4.39 Å². The minimum absolute atomic E-state index is 0.217. The first-order chi connectivity index (χ1) is 9.06. The van der Waals surface area contributed by atoms with E-state index in [-0.39, 0.29) is 18.0 Å². The summed E-state index contributed by atoms with van der Waals surface area (Å²) in [5.41, 5.74) is 0.255. The maximum Gasteiger partial charge on any atom is 0.200 e. The van der Waals surface area contributed by atoms with Crippen LogP contribution in [0.1, 0.15) is 10.4 Å². The van der Waals surface area contributed by atoms with Gasteiger partial charge in [-0.1, -0.05) is 35.3 Å². The summed E-state index contributed by atoms with van der Waals surface area (Å²) in [6.07, 6.45) is 0. The lowest BCUT2D eigenvalue weighted by atomic mass is 10.1. The van der Waals surface area contributed by atoms with Gasteiger partial charge in [-0.3, -0.25) is 4.79 Å². The predicted octanol–water partition coefficient (Wildman–Crippen LogP) is 4.39. The van der Waals surface area contributed by atoms with E-state index in [4.69, 9.17) is 27.9 Å². The Labute approximate surface area is 119 Å². The Balaban J connectivity index is 2.04. The largest absolute Gasteiger partial charge is 0.484 e. The fourth-order valence-corrected chi connectivity index (χ4v) is 1.94. The van der Waals surface area contributed by atoms with Gasteiger partial charge in [-0.05, 0) is 30.3 Å². The van der Waals surface area contributed by atoms with Crippen molar-refractivity contribution in [1.29, 1.82) is 0 Å². The second-order valence-corrected chi connectivity index (χ2v) is 4.64. The highest BCUT2D eigenvalue weighted by Crippen LogP contribution is 2.27. The molecule has 0 aliphatic heterocycles. The van der Waals surface area contributed by atoms with E-state index in [9.17, 15) is 9.18 Å². The summed E-state index contributed by atoms with van der Waals surface area (Å²) in [4.78, 5) is 11.8. The summed E-state index contributed by atoms with van der Waals surface area (Å²) in [6.45, 7) is -0.217. The zero-order valence-corrected chi connectivity index (χ0v) is 11.2. The third kappa shape index (κ3) is 3.69. The summed E-state index contributed by atoms with van der Waals surface area (Å²) in [5, 5.41) is 0.799. The quantitative estimate of drug-likeness (QED) is 0.782. The molecule has 0 radical (unpaired) electrons. The van der Waals surface area contributed by atoms with Crippen LogP contribution >= 0.6 is 23.2 Å². The molecule has 0 N–H and O–H groups in total. The zero-order valence-electron chi connectivity index (χ0n) is 9.70. The third-order valence-electron chi connectivity index (χ3n) is 2.40. The zero-order chi connectivity index (χ0) is 13.8. The number of hydrogen-bond acceptors (Lipinski definition) is 2. The van der Waals surface area contributed by atoms with Gasteiger partial charge in [0.25, 0.3) is 0 Å². The van der Waals surface area contributed by atoms with Crippen molar-refractivity contribution in [3.8, 4) is 5.75 Å². The lowest BCUT2D eigenvalue weighted by molar-refractivity contribution is 0.0921. The van der Waals surface area contributed by atoms with Crippen LogP contribution in [0.25, 0.3) is 0 Å². The van der Waals surface area contributed by atoms with E-state index < -0.39 is 5.82 Å². The van der Waals surface area contributed by atoms with Gasteiger partial charge in [0.15, 0.2) is 12.4 Å². The molecule has 2 aromatic carbocycles. The van der Waals surface area contributed by atoms with Gasteiger partial charge in [0.2, 0.25) is 0 Å². The smallest absolute Gasteiger partial charge is 0.200 e. The van der Waals surface area contributed by atoms with E-state index in [1.807, 2.05) is 0 Å². The van der Waals surface area contributed by atoms with Crippen molar-refractivity contribution >= 4 is 29.0 Å². The van der Waals surface area contributed by atoms with Crippen LogP contribution < -0.4 is 4.74 Å². The van der Waals surface area contributed by atoms with Crippen LogP contribution in [0, 0.1) is 5.82 Å². The van der Waals surface area contributed by atoms with Gasteiger partial charge < -0.3 is 4.74 Å². The number of rotatable bonds is 4. The first-order valence-corrected chi connectivity index (χ1v) is 6.18. The van der Waals surface area contributed by atoms with Crippen LogP contribution in [0.5, 0.6) is 5.75 Å². The van der Waals surface area contributed by atoms with Gasteiger partial charge in [-0.15, -0.1) is 0 Å². The number of carbonyl (C=O) groups is 1. The Morgan fingerprint density at radius 2 is 1.95 bits per heavy atom. The Morgan fingerprint density at radius 3 is 2.63 bits per heavy atom. The maximum atomic E-state index is 13.0. The summed E-state index contributed by atoms with van der Waals surface area (Å²) in [7, 11) is 0. The third-order valence-corrected chi connectivity index (χ3v) is 2.93. The van der Waals surface area contributed by atoms with Crippen molar-refractivity contribution in [1.82, 2.24) is 0 Å². The van der Waals surface area contributed by atoms with Crippen LogP contribution in [-0.2, 0) is 0 Å². The van der Waals surface area contributed by atoms with Crippen LogP contribution in [0.15, 0.2) is 42.5 Å². The van der Waals surface area contributed by atoms with E-state index in [0.717, 1.165) is 6.07 Å². The van der Waals surface area contributed by atoms with Crippen molar-refractivity contribution in [2.24, 2.45) is 0 Å². The van der Waals surface area contributed by atoms with Crippen molar-refractivity contribution in [2.75, 3.05) is 6.61 Å². The van der Waals surface area contributed by atoms with Gasteiger partial charge in [0.1, 0.15) is 11.6 Å². The monoisotopic (exact) mass is 298 g/mol. The molecular weight excluding hydrogens is 290 g/mol. The van der Waals surface area contributed by atoms with Crippen LogP contribution in [0.4, 0.5) is 4.39 Å². The lowest BCUT2D eigenvalue weighted by Gasteiger charge is -2.07. The highest BCUT2D eigenvalue weighted by atomic mass is 35.5. The second-order valence-electron chi connectivity index (χ2n) is 3.80. The number of benzene rings is 2. The molecule has 0 atom stereocenters. The van der Waals surface area contributed by atoms with Gasteiger partial charge in [0.05, 0.1) is 5.02 Å². The molecule has 5 heteroatoms.